The molecule has 0 aliphatic heterocycles. The maximum atomic E-state index is 12.3. The summed E-state index contributed by atoms with van der Waals surface area (Å²) in [6.45, 7) is 5.69. The van der Waals surface area contributed by atoms with Crippen LogP contribution in [0.5, 0.6) is 0 Å². The number of amides is 1. The molecule has 1 saturated carbocycles. The van der Waals surface area contributed by atoms with Crippen LogP contribution in [0.1, 0.15) is 74.7 Å². The molecule has 1 aliphatic carbocycles. The lowest BCUT2D eigenvalue weighted by molar-refractivity contribution is -0.130. The van der Waals surface area contributed by atoms with E-state index < -0.39 is 23.5 Å². The van der Waals surface area contributed by atoms with Gasteiger partial charge in [-0.25, -0.2) is 4.79 Å². The SMILES string of the molecule is CC(OC(=O)c1ccc(C(C)C)cc1)C(=O)NC1(C#N)CCCCC1. The van der Waals surface area contributed by atoms with Gasteiger partial charge in [-0.15, -0.1) is 0 Å². The van der Waals surface area contributed by atoms with E-state index in [1.807, 2.05) is 12.1 Å². The van der Waals surface area contributed by atoms with Crippen LogP contribution in [-0.2, 0) is 9.53 Å². The summed E-state index contributed by atoms with van der Waals surface area (Å²) < 4.78 is 5.27. The van der Waals surface area contributed by atoms with Gasteiger partial charge in [0.05, 0.1) is 11.6 Å². The number of rotatable bonds is 5. The summed E-state index contributed by atoms with van der Waals surface area (Å²) >= 11 is 0. The number of ether oxygens (including phenoxy) is 1. The van der Waals surface area contributed by atoms with Crippen LogP contribution in [0.3, 0.4) is 0 Å². The van der Waals surface area contributed by atoms with Crippen molar-refractivity contribution >= 4 is 11.9 Å². The summed E-state index contributed by atoms with van der Waals surface area (Å²) in [5.41, 5.74) is 0.724. The van der Waals surface area contributed by atoms with Crippen molar-refractivity contribution < 1.29 is 14.3 Å². The van der Waals surface area contributed by atoms with Crippen LogP contribution in [0.2, 0.25) is 0 Å². The summed E-state index contributed by atoms with van der Waals surface area (Å²) in [6.07, 6.45) is 3.27. The van der Waals surface area contributed by atoms with E-state index in [9.17, 15) is 14.9 Å². The number of carbonyl (C=O) groups excluding carboxylic acids is 2. The molecule has 1 unspecified atom stereocenters. The number of hydrogen-bond donors (Lipinski definition) is 1. The molecule has 1 amide bonds. The monoisotopic (exact) mass is 342 g/mol. The summed E-state index contributed by atoms with van der Waals surface area (Å²) in [5.74, 6) is -0.573. The number of nitrogens with one attached hydrogen (secondary N) is 1. The fourth-order valence-corrected chi connectivity index (χ4v) is 3.04. The average Bonchev–Trinajstić information content (AvgIpc) is 2.62. The molecule has 1 N–H and O–H groups in total. The fourth-order valence-electron chi connectivity index (χ4n) is 3.04. The Bertz CT molecular complexity index is 653. The van der Waals surface area contributed by atoms with Crippen molar-refractivity contribution in [1.82, 2.24) is 5.32 Å². The van der Waals surface area contributed by atoms with Gasteiger partial charge in [0.15, 0.2) is 6.10 Å². The molecular formula is C20H26N2O3. The highest BCUT2D eigenvalue weighted by Gasteiger charge is 2.35. The van der Waals surface area contributed by atoms with Gasteiger partial charge < -0.3 is 10.1 Å². The molecule has 2 rings (SSSR count). The minimum atomic E-state index is -0.940. The summed E-state index contributed by atoms with van der Waals surface area (Å²) in [7, 11) is 0. The minimum absolute atomic E-state index is 0.382. The van der Waals surface area contributed by atoms with Crippen LogP contribution >= 0.6 is 0 Å². The summed E-state index contributed by atoms with van der Waals surface area (Å²) in [4.78, 5) is 24.6. The van der Waals surface area contributed by atoms with Crippen LogP contribution < -0.4 is 5.32 Å². The lowest BCUT2D eigenvalue weighted by Crippen LogP contribution is -2.52. The van der Waals surface area contributed by atoms with Crippen LogP contribution in [0.15, 0.2) is 24.3 Å². The van der Waals surface area contributed by atoms with E-state index in [4.69, 9.17) is 4.74 Å². The Balaban J connectivity index is 1.95. The van der Waals surface area contributed by atoms with Crippen molar-refractivity contribution in [3.8, 4) is 6.07 Å². The van der Waals surface area contributed by atoms with E-state index in [-0.39, 0.29) is 0 Å². The average molecular weight is 342 g/mol. The van der Waals surface area contributed by atoms with Crippen LogP contribution in [0.4, 0.5) is 0 Å². The molecule has 5 nitrogen and oxygen atoms in total. The third-order valence-electron chi connectivity index (χ3n) is 4.75. The Morgan fingerprint density at radius 1 is 1.12 bits per heavy atom. The molecule has 134 valence electrons. The smallest absolute Gasteiger partial charge is 0.338 e. The van der Waals surface area contributed by atoms with Gasteiger partial charge in [-0.2, -0.15) is 5.26 Å². The van der Waals surface area contributed by atoms with Gasteiger partial charge >= 0.3 is 5.97 Å². The van der Waals surface area contributed by atoms with Crippen molar-refractivity contribution in [3.05, 3.63) is 35.4 Å². The van der Waals surface area contributed by atoms with E-state index in [0.717, 1.165) is 24.8 Å². The highest BCUT2D eigenvalue weighted by molar-refractivity contribution is 5.92. The lowest BCUT2D eigenvalue weighted by Gasteiger charge is -2.32. The van der Waals surface area contributed by atoms with Crippen LogP contribution in [0.25, 0.3) is 0 Å². The molecule has 1 aromatic rings. The van der Waals surface area contributed by atoms with Gasteiger partial charge in [0.1, 0.15) is 5.54 Å². The highest BCUT2D eigenvalue weighted by Crippen LogP contribution is 2.27. The number of nitriles is 1. The van der Waals surface area contributed by atoms with Gasteiger partial charge in [-0.05, 0) is 43.4 Å². The molecule has 1 aromatic carbocycles. The first-order valence-corrected chi connectivity index (χ1v) is 8.91. The molecule has 0 aromatic heterocycles. The molecule has 1 fully saturated rings. The molecule has 1 aliphatic rings. The van der Waals surface area contributed by atoms with Gasteiger partial charge in [-0.3, -0.25) is 4.79 Å². The third kappa shape index (κ3) is 4.82. The first kappa shape index (κ1) is 19.0. The molecule has 0 bridgehead atoms. The van der Waals surface area contributed by atoms with Gasteiger partial charge in [0.2, 0.25) is 0 Å². The van der Waals surface area contributed by atoms with E-state index in [1.165, 1.54) is 6.92 Å². The zero-order valence-electron chi connectivity index (χ0n) is 15.2. The van der Waals surface area contributed by atoms with Crippen molar-refractivity contribution in [2.75, 3.05) is 0 Å². The molecule has 5 heteroatoms. The second-order valence-corrected chi connectivity index (χ2v) is 7.07. The topological polar surface area (TPSA) is 79.2 Å². The van der Waals surface area contributed by atoms with Gasteiger partial charge in [0, 0.05) is 0 Å². The lowest BCUT2D eigenvalue weighted by atomic mass is 9.83. The summed E-state index contributed by atoms with van der Waals surface area (Å²) in [6, 6.07) is 9.42. The molecule has 25 heavy (non-hydrogen) atoms. The molecule has 0 saturated heterocycles. The van der Waals surface area contributed by atoms with E-state index in [0.29, 0.717) is 24.3 Å². The first-order valence-electron chi connectivity index (χ1n) is 8.91. The molecule has 0 heterocycles. The zero-order valence-corrected chi connectivity index (χ0v) is 15.2. The largest absolute Gasteiger partial charge is 0.449 e. The van der Waals surface area contributed by atoms with E-state index in [2.05, 4.69) is 25.2 Å². The predicted octanol–water partition coefficient (Wildman–Crippen LogP) is 3.70. The second kappa shape index (κ2) is 8.15. The maximum absolute atomic E-state index is 12.3. The number of hydrogen-bond acceptors (Lipinski definition) is 4. The molecule has 0 spiro atoms. The fraction of sp³-hybridized carbons (Fsp3) is 0.550. The quantitative estimate of drug-likeness (QED) is 0.828. The van der Waals surface area contributed by atoms with Crippen LogP contribution in [-0.4, -0.2) is 23.5 Å². The predicted molar refractivity (Wildman–Crippen MR) is 95.0 cm³/mol. The van der Waals surface area contributed by atoms with Crippen molar-refractivity contribution in [2.45, 2.75) is 70.4 Å². The Hall–Kier alpha value is -2.35. The van der Waals surface area contributed by atoms with Crippen molar-refractivity contribution in [2.24, 2.45) is 0 Å². The van der Waals surface area contributed by atoms with Crippen molar-refractivity contribution in [3.63, 3.8) is 0 Å². The second-order valence-electron chi connectivity index (χ2n) is 7.07. The normalized spacial score (nSPS) is 17.4. The third-order valence-corrected chi connectivity index (χ3v) is 4.75. The van der Waals surface area contributed by atoms with E-state index in [1.54, 1.807) is 12.1 Å². The number of benzene rings is 1. The molecular weight excluding hydrogens is 316 g/mol. The Kier molecular flexibility index (Phi) is 6.19. The number of nitrogens with zero attached hydrogens (tertiary/aromatic N) is 1. The molecule has 1 atom stereocenters. The first-order chi connectivity index (χ1) is 11.9. The van der Waals surface area contributed by atoms with Crippen molar-refractivity contribution in [1.29, 1.82) is 5.26 Å². The minimum Gasteiger partial charge on any atom is -0.449 e. The Morgan fingerprint density at radius 3 is 2.24 bits per heavy atom. The van der Waals surface area contributed by atoms with Gasteiger partial charge in [-0.1, -0.05) is 45.2 Å². The van der Waals surface area contributed by atoms with E-state index >= 15 is 0 Å². The Morgan fingerprint density at radius 2 is 1.72 bits per heavy atom. The molecule has 0 radical (unpaired) electrons. The maximum Gasteiger partial charge on any atom is 0.338 e. The van der Waals surface area contributed by atoms with Crippen LogP contribution in [0, 0.1) is 11.3 Å². The highest BCUT2D eigenvalue weighted by atomic mass is 16.5. The number of carbonyl (C=O) groups is 2. The standard InChI is InChI=1S/C20H26N2O3/c1-14(2)16-7-9-17(10-8-16)19(24)25-15(3)18(23)22-20(13-21)11-5-4-6-12-20/h7-10,14-15H,4-6,11-12H2,1-3H3,(H,22,23). The zero-order chi connectivity index (χ0) is 18.4. The number of esters is 1. The Labute approximate surface area is 149 Å². The summed E-state index contributed by atoms with van der Waals surface area (Å²) in [5, 5.41) is 12.2. The van der Waals surface area contributed by atoms with Gasteiger partial charge in [0.25, 0.3) is 5.91 Å².